The third-order valence-corrected chi connectivity index (χ3v) is 6.81. The van der Waals surface area contributed by atoms with Gasteiger partial charge in [-0.25, -0.2) is 4.98 Å². The molecule has 0 radical (unpaired) electrons. The van der Waals surface area contributed by atoms with E-state index in [0.29, 0.717) is 36.0 Å². The summed E-state index contributed by atoms with van der Waals surface area (Å²) in [6, 6.07) is -0.870. The summed E-state index contributed by atoms with van der Waals surface area (Å²) in [5.74, 6) is -1.22. The molecule has 4 rings (SSSR count). The number of likely N-dealkylation sites (N-methyl/N-ethyl adjacent to an activating group) is 1. The van der Waals surface area contributed by atoms with Crippen LogP contribution in [0.15, 0.2) is 4.52 Å². The van der Waals surface area contributed by atoms with Crippen LogP contribution in [0.25, 0.3) is 0 Å². The maximum atomic E-state index is 13.0. The fraction of sp³-hybridized carbons (Fsp3) is 0.579. The summed E-state index contributed by atoms with van der Waals surface area (Å²) in [4.78, 5) is 48.2. The van der Waals surface area contributed by atoms with Gasteiger partial charge in [-0.3, -0.25) is 14.4 Å². The third kappa shape index (κ3) is 4.74. The van der Waals surface area contributed by atoms with Gasteiger partial charge in [0.2, 0.25) is 5.89 Å². The Hall–Kier alpha value is -2.86. The first kappa shape index (κ1) is 21.4. The van der Waals surface area contributed by atoms with Crippen molar-refractivity contribution < 1.29 is 18.9 Å². The highest BCUT2D eigenvalue weighted by atomic mass is 32.1. The van der Waals surface area contributed by atoms with Crippen LogP contribution in [0.4, 0.5) is 0 Å². The first-order valence-electron chi connectivity index (χ1n) is 10.2. The molecule has 0 spiro atoms. The Bertz CT molecular complexity index is 1000. The molecule has 1 aliphatic heterocycles. The van der Waals surface area contributed by atoms with Crippen LogP contribution in [-0.2, 0) is 22.6 Å². The minimum atomic E-state index is -1.06. The van der Waals surface area contributed by atoms with Crippen molar-refractivity contribution in [3.8, 4) is 0 Å². The molecular weight excluding hydrogens is 422 g/mol. The molecule has 3 amide bonds. The number of carbonyl (C=O) groups excluding carboxylic acids is 3. The fourth-order valence-corrected chi connectivity index (χ4v) is 5.20. The average Bonchev–Trinajstić information content (AvgIpc) is 3.35. The number of fused-ring (bicyclic) bond motifs is 1. The first-order chi connectivity index (χ1) is 14.8. The molecule has 166 valence electrons. The van der Waals surface area contributed by atoms with E-state index in [1.165, 1.54) is 11.3 Å². The number of hydrogen-bond acceptors (Lipinski definition) is 9. The van der Waals surface area contributed by atoms with Crippen LogP contribution in [0.2, 0.25) is 0 Å². The highest BCUT2D eigenvalue weighted by molar-refractivity contribution is 7.13. The number of primary amides is 1. The number of nitrogens with one attached hydrogen (secondary N) is 2. The number of nitrogens with two attached hydrogens (primary N) is 1. The van der Waals surface area contributed by atoms with Crippen molar-refractivity contribution in [2.75, 3.05) is 13.6 Å². The number of aryl methyl sites for hydroxylation is 1. The van der Waals surface area contributed by atoms with E-state index in [9.17, 15) is 14.4 Å². The number of carbonyl (C=O) groups is 3. The molecule has 12 heteroatoms. The predicted molar refractivity (Wildman–Crippen MR) is 110 cm³/mol. The van der Waals surface area contributed by atoms with Gasteiger partial charge in [0.25, 0.3) is 5.91 Å². The molecule has 0 unspecified atom stereocenters. The first-order valence-corrected chi connectivity index (χ1v) is 11.0. The lowest BCUT2D eigenvalue weighted by Gasteiger charge is -2.35. The van der Waals surface area contributed by atoms with Gasteiger partial charge in [0.1, 0.15) is 0 Å². The Morgan fingerprint density at radius 2 is 2.00 bits per heavy atom. The summed E-state index contributed by atoms with van der Waals surface area (Å²) in [5, 5.41) is 10.0. The number of aromatic nitrogens is 3. The van der Waals surface area contributed by atoms with E-state index in [4.69, 9.17) is 10.3 Å². The zero-order valence-electron chi connectivity index (χ0n) is 17.4. The van der Waals surface area contributed by atoms with E-state index in [1.807, 2.05) is 7.05 Å². The van der Waals surface area contributed by atoms with E-state index in [-0.39, 0.29) is 11.8 Å². The summed E-state index contributed by atoms with van der Waals surface area (Å²) in [5.41, 5.74) is 6.06. The SMILES string of the molecule is Cc1nc([C@H]2CC[C@H](NC(=O)C(N)=O)[C@H](NC(=O)c3nc4c(s3)CN(C)CC4)C2)no1. The molecule has 0 aromatic carbocycles. The maximum Gasteiger partial charge on any atom is 0.309 e. The van der Waals surface area contributed by atoms with Gasteiger partial charge in [-0.15, -0.1) is 11.3 Å². The maximum absolute atomic E-state index is 13.0. The number of rotatable bonds is 4. The summed E-state index contributed by atoms with van der Waals surface area (Å²) < 4.78 is 5.09. The van der Waals surface area contributed by atoms with E-state index in [2.05, 4.69) is 30.7 Å². The van der Waals surface area contributed by atoms with Crippen LogP contribution < -0.4 is 16.4 Å². The standard InChI is InChI=1S/C19H25N7O4S/c1-9-21-16(25-30-9)10-3-4-11(22-17(28)15(20)27)13(7-10)23-18(29)19-24-12-5-6-26(2)8-14(12)31-19/h10-11,13H,3-8H2,1-2H3,(H2,20,27)(H,22,28)(H,23,29)/t10-,11-,13+/m0/s1. The van der Waals surface area contributed by atoms with Gasteiger partial charge in [0, 0.05) is 43.3 Å². The van der Waals surface area contributed by atoms with Crippen molar-refractivity contribution in [2.24, 2.45) is 5.73 Å². The highest BCUT2D eigenvalue weighted by Gasteiger charge is 2.36. The van der Waals surface area contributed by atoms with E-state index < -0.39 is 23.9 Å². The van der Waals surface area contributed by atoms with Gasteiger partial charge < -0.3 is 25.8 Å². The van der Waals surface area contributed by atoms with Gasteiger partial charge in [-0.1, -0.05) is 5.16 Å². The van der Waals surface area contributed by atoms with Gasteiger partial charge in [0.05, 0.1) is 11.7 Å². The second-order valence-electron chi connectivity index (χ2n) is 8.08. The molecule has 0 bridgehead atoms. The highest BCUT2D eigenvalue weighted by Crippen LogP contribution is 2.32. The number of nitrogens with zero attached hydrogens (tertiary/aromatic N) is 4. The number of hydrogen-bond donors (Lipinski definition) is 3. The summed E-state index contributed by atoms with van der Waals surface area (Å²) in [6.45, 7) is 3.41. The smallest absolute Gasteiger partial charge is 0.309 e. The monoisotopic (exact) mass is 447 g/mol. The van der Waals surface area contributed by atoms with Gasteiger partial charge >= 0.3 is 11.8 Å². The van der Waals surface area contributed by atoms with E-state index in [1.54, 1.807) is 6.92 Å². The van der Waals surface area contributed by atoms with Crippen molar-refractivity contribution >= 4 is 29.1 Å². The van der Waals surface area contributed by atoms with Gasteiger partial charge in [-0.05, 0) is 26.3 Å². The van der Waals surface area contributed by atoms with Crippen LogP contribution in [0.5, 0.6) is 0 Å². The van der Waals surface area contributed by atoms with Gasteiger partial charge in [0.15, 0.2) is 10.8 Å². The topological polar surface area (TPSA) is 156 Å². The summed E-state index contributed by atoms with van der Waals surface area (Å²) >= 11 is 1.39. The lowest BCUT2D eigenvalue weighted by molar-refractivity contribution is -0.138. The van der Waals surface area contributed by atoms with Crippen LogP contribution in [-0.4, -0.2) is 63.4 Å². The Morgan fingerprint density at radius 1 is 1.19 bits per heavy atom. The number of thiazole rings is 1. The predicted octanol–water partition coefficient (Wildman–Crippen LogP) is -0.141. The second kappa shape index (κ2) is 8.71. The molecule has 31 heavy (non-hydrogen) atoms. The minimum Gasteiger partial charge on any atom is -0.361 e. The molecule has 11 nitrogen and oxygen atoms in total. The van der Waals surface area contributed by atoms with Crippen molar-refractivity contribution in [1.29, 1.82) is 0 Å². The molecule has 1 saturated carbocycles. The Morgan fingerprint density at radius 3 is 2.71 bits per heavy atom. The molecule has 3 atom stereocenters. The van der Waals surface area contributed by atoms with Crippen LogP contribution in [0.3, 0.4) is 0 Å². The summed E-state index contributed by atoms with van der Waals surface area (Å²) in [6.07, 6.45) is 2.51. The minimum absolute atomic E-state index is 0.0392. The van der Waals surface area contributed by atoms with E-state index >= 15 is 0 Å². The third-order valence-electron chi connectivity index (χ3n) is 5.73. The summed E-state index contributed by atoms with van der Waals surface area (Å²) in [7, 11) is 2.04. The van der Waals surface area contributed by atoms with Crippen molar-refractivity contribution in [3.63, 3.8) is 0 Å². The molecule has 1 aliphatic carbocycles. The average molecular weight is 448 g/mol. The quantitative estimate of drug-likeness (QED) is 0.547. The Balaban J connectivity index is 1.51. The normalized spacial score (nSPS) is 23.7. The lowest BCUT2D eigenvalue weighted by Crippen LogP contribution is -2.56. The van der Waals surface area contributed by atoms with Crippen molar-refractivity contribution in [3.05, 3.63) is 27.3 Å². The Labute approximate surface area is 182 Å². The molecule has 0 saturated heterocycles. The zero-order chi connectivity index (χ0) is 22.1. The zero-order valence-corrected chi connectivity index (χ0v) is 18.2. The lowest BCUT2D eigenvalue weighted by atomic mass is 9.81. The Kier molecular flexibility index (Phi) is 6.01. The van der Waals surface area contributed by atoms with E-state index in [0.717, 1.165) is 30.1 Å². The molecule has 2 aromatic heterocycles. The molecule has 1 fully saturated rings. The van der Waals surface area contributed by atoms with Crippen LogP contribution in [0, 0.1) is 6.92 Å². The van der Waals surface area contributed by atoms with Crippen molar-refractivity contribution in [1.82, 2.24) is 30.7 Å². The molecular formula is C19H25N7O4S. The number of amides is 3. The molecule has 2 aromatic rings. The van der Waals surface area contributed by atoms with Crippen molar-refractivity contribution in [2.45, 2.75) is 57.2 Å². The molecule has 3 heterocycles. The molecule has 2 aliphatic rings. The van der Waals surface area contributed by atoms with Crippen LogP contribution >= 0.6 is 11.3 Å². The van der Waals surface area contributed by atoms with Crippen LogP contribution in [0.1, 0.15) is 57.3 Å². The van der Waals surface area contributed by atoms with Gasteiger partial charge in [-0.2, -0.15) is 4.98 Å². The molecule has 4 N–H and O–H groups in total. The largest absolute Gasteiger partial charge is 0.361 e. The second-order valence-corrected chi connectivity index (χ2v) is 9.17. The fourth-order valence-electron chi connectivity index (χ4n) is 4.11.